The van der Waals surface area contributed by atoms with Gasteiger partial charge in [0.1, 0.15) is 16.9 Å². The van der Waals surface area contributed by atoms with Crippen molar-refractivity contribution in [3.63, 3.8) is 0 Å². The average Bonchev–Trinajstić information content (AvgIpc) is 3.39. The van der Waals surface area contributed by atoms with Crippen molar-refractivity contribution in [2.75, 3.05) is 0 Å². The van der Waals surface area contributed by atoms with Crippen molar-refractivity contribution < 1.29 is 4.43 Å². The second-order valence-electron chi connectivity index (χ2n) is 9.69. The highest BCUT2D eigenvalue weighted by molar-refractivity contribution is 7.14. The van der Waals surface area contributed by atoms with Crippen LogP contribution in [-0.2, 0) is 10.3 Å². The molecule has 7 heteroatoms. The van der Waals surface area contributed by atoms with E-state index in [-0.39, 0.29) is 11.1 Å². The molecule has 0 aliphatic heterocycles. The number of aryl methyl sites for hydroxylation is 2. The fraction of sp³-hybridized carbons (Fsp3) is 0.333. The number of alkyl halides is 1. The Kier molecular flexibility index (Phi) is 7.15. The third-order valence-corrected chi connectivity index (χ3v) is 12.7. The molecule has 2 aromatic carbocycles. The van der Waals surface area contributed by atoms with Crippen LogP contribution in [-0.4, -0.2) is 23.1 Å². The maximum Gasteiger partial charge on any atom is 0.262 e. The largest absolute Gasteiger partial charge is 0.397 e. The second-order valence-corrected chi connectivity index (χ2v) is 15.4. The predicted molar refractivity (Wildman–Crippen MR) is 145 cm³/mol. The van der Waals surface area contributed by atoms with E-state index in [0.717, 1.165) is 22.2 Å². The van der Waals surface area contributed by atoms with Crippen molar-refractivity contribution in [2.24, 2.45) is 0 Å². The van der Waals surface area contributed by atoms with Crippen LogP contribution >= 0.6 is 22.9 Å². The van der Waals surface area contributed by atoms with Crippen LogP contribution in [0.3, 0.4) is 0 Å². The summed E-state index contributed by atoms with van der Waals surface area (Å²) in [4.78, 5) is 1.21. The molecule has 0 aliphatic carbocycles. The molecule has 2 aromatic heterocycles. The van der Waals surface area contributed by atoms with Gasteiger partial charge in [0, 0.05) is 10.4 Å². The molecule has 1 atom stereocenters. The molecule has 1 unspecified atom stereocenters. The summed E-state index contributed by atoms with van der Waals surface area (Å²) >= 11 is 8.01. The molecule has 0 N–H and O–H groups in total. The first-order valence-corrected chi connectivity index (χ1v) is 14.8. The molecule has 0 saturated carbocycles. The lowest BCUT2D eigenvalue weighted by Gasteiger charge is -2.44. The van der Waals surface area contributed by atoms with Crippen LogP contribution in [0.5, 0.6) is 0 Å². The Balaban J connectivity index is 1.88. The lowest BCUT2D eigenvalue weighted by Crippen LogP contribution is -2.66. The first-order valence-electron chi connectivity index (χ1n) is 11.6. The van der Waals surface area contributed by atoms with Crippen LogP contribution in [0.15, 0.2) is 66.7 Å². The number of hydrogen-bond acceptors (Lipinski definition) is 4. The SMILES string of the molecule is Cc1cc(CCl)c(-n2c(C)nnc2C(C)O[Si](c2ccccc2)(c2ccccc2)C(C)(C)C)s1. The summed E-state index contributed by atoms with van der Waals surface area (Å²) in [6.45, 7) is 13.0. The van der Waals surface area contributed by atoms with Gasteiger partial charge in [0.05, 0.1) is 5.88 Å². The molecule has 0 radical (unpaired) electrons. The zero-order valence-corrected chi connectivity index (χ0v) is 23.2. The van der Waals surface area contributed by atoms with E-state index in [1.807, 2.05) is 6.92 Å². The Hall–Kier alpha value is -2.25. The molecule has 34 heavy (non-hydrogen) atoms. The van der Waals surface area contributed by atoms with Crippen LogP contribution < -0.4 is 10.4 Å². The van der Waals surface area contributed by atoms with E-state index in [2.05, 4.69) is 116 Å². The van der Waals surface area contributed by atoms with Crippen molar-refractivity contribution in [1.29, 1.82) is 0 Å². The number of benzene rings is 2. The van der Waals surface area contributed by atoms with Gasteiger partial charge in [-0.05, 0) is 42.2 Å². The van der Waals surface area contributed by atoms with Gasteiger partial charge in [-0.2, -0.15) is 0 Å². The fourth-order valence-corrected chi connectivity index (χ4v) is 10.8. The zero-order valence-electron chi connectivity index (χ0n) is 20.7. The molecular formula is C27H32ClN3OSSi. The van der Waals surface area contributed by atoms with Crippen molar-refractivity contribution in [3.05, 3.63) is 88.8 Å². The molecule has 0 spiro atoms. The highest BCUT2D eigenvalue weighted by atomic mass is 35.5. The number of thiophene rings is 1. The first kappa shape index (κ1) is 24.9. The normalized spacial score (nSPS) is 13.3. The highest BCUT2D eigenvalue weighted by Gasteiger charge is 2.51. The van der Waals surface area contributed by atoms with E-state index in [4.69, 9.17) is 16.0 Å². The topological polar surface area (TPSA) is 39.9 Å². The van der Waals surface area contributed by atoms with Gasteiger partial charge in [-0.15, -0.1) is 33.1 Å². The van der Waals surface area contributed by atoms with E-state index < -0.39 is 8.32 Å². The van der Waals surface area contributed by atoms with Crippen molar-refractivity contribution in [3.8, 4) is 5.00 Å². The summed E-state index contributed by atoms with van der Waals surface area (Å²) in [6.07, 6.45) is -0.280. The quantitative estimate of drug-likeness (QED) is 0.216. The minimum atomic E-state index is -2.73. The molecule has 0 fully saturated rings. The average molecular weight is 510 g/mol. The summed E-state index contributed by atoms with van der Waals surface area (Å²) < 4.78 is 9.43. The summed E-state index contributed by atoms with van der Waals surface area (Å²) in [5, 5.41) is 12.5. The predicted octanol–water partition coefficient (Wildman–Crippen LogP) is 6.32. The van der Waals surface area contributed by atoms with Gasteiger partial charge in [0.25, 0.3) is 8.32 Å². The van der Waals surface area contributed by atoms with Gasteiger partial charge in [0.2, 0.25) is 0 Å². The molecule has 0 aliphatic rings. The van der Waals surface area contributed by atoms with E-state index in [0.29, 0.717) is 5.88 Å². The standard InChI is InChI=1S/C27H32ClN3OSSi/c1-19-17-22(18-28)26(33-19)31-21(3)29-30-25(31)20(2)32-34(27(4,5)6,23-13-9-7-10-14-23)24-15-11-8-12-16-24/h7-17,20H,18H2,1-6H3. The van der Waals surface area contributed by atoms with Crippen molar-refractivity contribution >= 4 is 41.6 Å². The smallest absolute Gasteiger partial charge is 0.262 e. The van der Waals surface area contributed by atoms with Gasteiger partial charge in [-0.25, -0.2) is 0 Å². The second kappa shape index (κ2) is 9.78. The molecule has 4 aromatic rings. The molecule has 4 nitrogen and oxygen atoms in total. The summed E-state index contributed by atoms with van der Waals surface area (Å²) in [5.74, 6) is 2.08. The van der Waals surface area contributed by atoms with Crippen LogP contribution in [0.25, 0.3) is 5.00 Å². The van der Waals surface area contributed by atoms with Crippen LogP contribution in [0.1, 0.15) is 55.9 Å². The molecule has 4 rings (SSSR count). The van der Waals surface area contributed by atoms with Crippen LogP contribution in [0, 0.1) is 13.8 Å². The molecular weight excluding hydrogens is 478 g/mol. The maximum atomic E-state index is 7.30. The van der Waals surface area contributed by atoms with Gasteiger partial charge >= 0.3 is 0 Å². The van der Waals surface area contributed by atoms with E-state index in [1.165, 1.54) is 15.3 Å². The Morgan fingerprint density at radius 1 is 0.971 bits per heavy atom. The number of halogens is 1. The third-order valence-electron chi connectivity index (χ3n) is 6.24. The van der Waals surface area contributed by atoms with Crippen molar-refractivity contribution in [2.45, 2.75) is 58.6 Å². The molecule has 2 heterocycles. The first-order chi connectivity index (χ1) is 16.2. The maximum absolute atomic E-state index is 7.30. The van der Waals surface area contributed by atoms with E-state index in [9.17, 15) is 0 Å². The summed E-state index contributed by atoms with van der Waals surface area (Å²) in [7, 11) is -2.73. The minimum Gasteiger partial charge on any atom is -0.397 e. The zero-order chi connectivity index (χ0) is 24.5. The number of aromatic nitrogens is 3. The number of hydrogen-bond donors (Lipinski definition) is 0. The summed E-state index contributed by atoms with van der Waals surface area (Å²) in [5.41, 5.74) is 1.09. The molecule has 0 amide bonds. The molecule has 0 bridgehead atoms. The fourth-order valence-electron chi connectivity index (χ4n) is 4.74. The Morgan fingerprint density at radius 3 is 2.03 bits per heavy atom. The van der Waals surface area contributed by atoms with Crippen molar-refractivity contribution in [1.82, 2.24) is 14.8 Å². The Morgan fingerprint density at radius 2 is 1.53 bits per heavy atom. The van der Waals surface area contributed by atoms with Gasteiger partial charge < -0.3 is 4.43 Å². The lowest BCUT2D eigenvalue weighted by atomic mass is 10.2. The molecule has 0 saturated heterocycles. The van der Waals surface area contributed by atoms with Crippen LogP contribution in [0.2, 0.25) is 5.04 Å². The third kappa shape index (κ3) is 4.40. The monoisotopic (exact) mass is 509 g/mol. The van der Waals surface area contributed by atoms with E-state index in [1.54, 1.807) is 11.3 Å². The lowest BCUT2D eigenvalue weighted by molar-refractivity contribution is 0.198. The Bertz CT molecular complexity index is 1210. The minimum absolute atomic E-state index is 0.120. The highest BCUT2D eigenvalue weighted by Crippen LogP contribution is 2.40. The van der Waals surface area contributed by atoms with Gasteiger partial charge in [-0.3, -0.25) is 4.57 Å². The summed E-state index contributed by atoms with van der Waals surface area (Å²) in [6, 6.07) is 23.5. The van der Waals surface area contributed by atoms with Gasteiger partial charge in [0.15, 0.2) is 5.82 Å². The van der Waals surface area contributed by atoms with Gasteiger partial charge in [-0.1, -0.05) is 81.4 Å². The number of nitrogens with zero attached hydrogens (tertiary/aromatic N) is 3. The van der Waals surface area contributed by atoms with Crippen LogP contribution in [0.4, 0.5) is 0 Å². The van der Waals surface area contributed by atoms with E-state index >= 15 is 0 Å². The number of rotatable bonds is 7. The molecule has 178 valence electrons. The Labute approximate surface area is 212 Å².